The van der Waals surface area contributed by atoms with Gasteiger partial charge in [0.1, 0.15) is 0 Å². The smallest absolute Gasteiger partial charge is 0.160 e. The summed E-state index contributed by atoms with van der Waals surface area (Å²) in [6.07, 6.45) is 0.978. The van der Waals surface area contributed by atoms with Crippen LogP contribution in [0.2, 0.25) is 0 Å². The number of aliphatic imine (C=N–C) groups is 2. The molecular weight excluding hydrogens is 729 g/mol. The van der Waals surface area contributed by atoms with Gasteiger partial charge in [-0.1, -0.05) is 208 Å². The van der Waals surface area contributed by atoms with E-state index >= 15 is 0 Å². The van der Waals surface area contributed by atoms with Gasteiger partial charge in [0.25, 0.3) is 0 Å². The van der Waals surface area contributed by atoms with Crippen LogP contribution in [0.15, 0.2) is 222 Å². The molecule has 9 rings (SSSR count). The predicted octanol–water partition coefficient (Wildman–Crippen LogP) is 14.6. The third-order valence-corrected chi connectivity index (χ3v) is 11.0. The summed E-state index contributed by atoms with van der Waals surface area (Å²) in [5.74, 6) is 1.67. The Hall–Kier alpha value is -7.56. The average molecular weight is 773 g/mol. The Bertz CT molecular complexity index is 2860. The molecule has 0 fully saturated rings. The van der Waals surface area contributed by atoms with Gasteiger partial charge < -0.3 is 0 Å². The number of amidine groups is 1. The standard InChI is InChI=1S/C56H44N4/c1-3-39(2)54(45-21-10-5-11-22-45)60-55(46-23-12-6-13-24-46)57-48-35-32-41(33-36-48)50-37-34-40-18-16-17-27-49(40)53(50)44-30-28-43(29-31-44)52-38-51(42-19-8-4-9-20-42)58-56(59-52)47-25-14-7-15-26-47/h4-39H,3H2,1-2H3/b57-55-,60-54+. The molecule has 0 radical (unpaired) electrons. The molecule has 0 aliphatic rings. The lowest BCUT2D eigenvalue weighted by atomic mass is 9.89. The van der Waals surface area contributed by atoms with Crippen molar-refractivity contribution >= 4 is 28.0 Å². The molecule has 0 aliphatic heterocycles. The summed E-state index contributed by atoms with van der Waals surface area (Å²) in [5, 5.41) is 2.39. The first-order valence-corrected chi connectivity index (χ1v) is 20.6. The highest BCUT2D eigenvalue weighted by Gasteiger charge is 2.16. The van der Waals surface area contributed by atoms with Crippen molar-refractivity contribution in [2.45, 2.75) is 20.3 Å². The molecule has 0 N–H and O–H groups in total. The monoisotopic (exact) mass is 772 g/mol. The topological polar surface area (TPSA) is 50.5 Å². The molecule has 0 aliphatic carbocycles. The van der Waals surface area contributed by atoms with E-state index in [0.717, 1.165) is 73.7 Å². The fourth-order valence-electron chi connectivity index (χ4n) is 7.65. The number of nitrogens with zero attached hydrogens (tertiary/aromatic N) is 4. The highest BCUT2D eigenvalue weighted by molar-refractivity contribution is 6.13. The van der Waals surface area contributed by atoms with Crippen LogP contribution in [0.25, 0.3) is 66.9 Å². The van der Waals surface area contributed by atoms with Gasteiger partial charge in [0.05, 0.1) is 22.8 Å². The average Bonchev–Trinajstić information content (AvgIpc) is 3.33. The second-order valence-corrected chi connectivity index (χ2v) is 15.0. The number of hydrogen-bond donors (Lipinski definition) is 0. The molecule has 0 saturated heterocycles. The molecule has 0 amide bonds. The minimum atomic E-state index is 0.267. The largest absolute Gasteiger partial charge is 0.232 e. The van der Waals surface area contributed by atoms with Crippen molar-refractivity contribution in [3.8, 4) is 56.2 Å². The normalized spacial score (nSPS) is 12.4. The quantitative estimate of drug-likeness (QED) is 0.103. The van der Waals surface area contributed by atoms with Crippen molar-refractivity contribution in [2.24, 2.45) is 15.9 Å². The van der Waals surface area contributed by atoms with Crippen molar-refractivity contribution in [1.82, 2.24) is 9.97 Å². The van der Waals surface area contributed by atoms with E-state index in [4.69, 9.17) is 20.0 Å². The van der Waals surface area contributed by atoms with Gasteiger partial charge >= 0.3 is 0 Å². The van der Waals surface area contributed by atoms with Crippen molar-refractivity contribution < 1.29 is 0 Å². The van der Waals surface area contributed by atoms with Gasteiger partial charge in [0, 0.05) is 22.3 Å². The molecule has 1 aromatic heterocycles. The Morgan fingerprint density at radius 2 is 1.00 bits per heavy atom. The zero-order chi connectivity index (χ0) is 40.7. The van der Waals surface area contributed by atoms with Crippen LogP contribution >= 0.6 is 0 Å². The Balaban J connectivity index is 1.10. The van der Waals surface area contributed by atoms with Gasteiger partial charge in [-0.15, -0.1) is 0 Å². The molecule has 8 aromatic carbocycles. The summed E-state index contributed by atoms with van der Waals surface area (Å²) in [6, 6.07) is 73.8. The third-order valence-electron chi connectivity index (χ3n) is 11.0. The predicted molar refractivity (Wildman–Crippen MR) is 252 cm³/mol. The van der Waals surface area contributed by atoms with Crippen molar-refractivity contribution in [2.75, 3.05) is 0 Å². The van der Waals surface area contributed by atoms with Gasteiger partial charge in [0.15, 0.2) is 11.7 Å². The van der Waals surface area contributed by atoms with E-state index in [2.05, 4.69) is 166 Å². The van der Waals surface area contributed by atoms with Gasteiger partial charge in [0.2, 0.25) is 0 Å². The maximum absolute atomic E-state index is 5.28. The molecule has 60 heavy (non-hydrogen) atoms. The van der Waals surface area contributed by atoms with Gasteiger partial charge in [-0.2, -0.15) is 0 Å². The first-order chi connectivity index (χ1) is 29.6. The molecule has 0 bridgehead atoms. The minimum absolute atomic E-state index is 0.267. The molecule has 1 atom stereocenters. The zero-order valence-electron chi connectivity index (χ0n) is 33.8. The molecule has 1 unspecified atom stereocenters. The lowest BCUT2D eigenvalue weighted by Crippen LogP contribution is -2.15. The Morgan fingerprint density at radius 1 is 0.483 bits per heavy atom. The van der Waals surface area contributed by atoms with Crippen LogP contribution in [0.5, 0.6) is 0 Å². The van der Waals surface area contributed by atoms with Crippen LogP contribution in [0.3, 0.4) is 0 Å². The summed E-state index contributed by atoms with van der Waals surface area (Å²) in [6.45, 7) is 4.44. The third kappa shape index (κ3) is 8.22. The van der Waals surface area contributed by atoms with Crippen LogP contribution in [-0.4, -0.2) is 21.5 Å². The number of rotatable bonds is 10. The molecule has 0 saturated carbocycles. The maximum atomic E-state index is 5.28. The molecule has 4 heteroatoms. The molecule has 9 aromatic rings. The number of hydrogen-bond acceptors (Lipinski definition) is 3. The summed E-state index contributed by atoms with van der Waals surface area (Å²) < 4.78 is 0. The van der Waals surface area contributed by atoms with Crippen LogP contribution in [-0.2, 0) is 0 Å². The van der Waals surface area contributed by atoms with E-state index in [9.17, 15) is 0 Å². The SMILES string of the molecule is CCC(C)/C(=N\C(=N/c1ccc(-c2ccc3ccccc3c2-c2ccc(-c3cc(-c4ccccc4)nc(-c4ccccc4)n3)cc2)cc1)c1ccccc1)c1ccccc1. The van der Waals surface area contributed by atoms with E-state index in [1.807, 2.05) is 60.7 Å². The van der Waals surface area contributed by atoms with Gasteiger partial charge in [-0.05, 0) is 69.1 Å². The van der Waals surface area contributed by atoms with E-state index in [1.165, 1.54) is 16.3 Å². The number of aromatic nitrogens is 2. The first-order valence-electron chi connectivity index (χ1n) is 20.6. The first kappa shape index (κ1) is 38.0. The van der Waals surface area contributed by atoms with Crippen molar-refractivity contribution in [3.05, 3.63) is 223 Å². The number of benzene rings is 8. The highest BCUT2D eigenvalue weighted by Crippen LogP contribution is 2.40. The molecule has 4 nitrogen and oxygen atoms in total. The van der Waals surface area contributed by atoms with Crippen LogP contribution < -0.4 is 0 Å². The summed E-state index contributed by atoms with van der Waals surface area (Å²) in [4.78, 5) is 20.5. The van der Waals surface area contributed by atoms with Crippen LogP contribution in [0.4, 0.5) is 5.69 Å². The van der Waals surface area contributed by atoms with Crippen LogP contribution in [0, 0.1) is 5.92 Å². The van der Waals surface area contributed by atoms with E-state index < -0.39 is 0 Å². The van der Waals surface area contributed by atoms with Crippen LogP contribution in [0.1, 0.15) is 31.4 Å². The Kier molecular flexibility index (Phi) is 11.1. The number of fused-ring (bicyclic) bond motifs is 1. The highest BCUT2D eigenvalue weighted by atomic mass is 14.9. The fraction of sp³-hybridized carbons (Fsp3) is 0.0714. The van der Waals surface area contributed by atoms with Crippen molar-refractivity contribution in [3.63, 3.8) is 0 Å². The van der Waals surface area contributed by atoms with E-state index in [-0.39, 0.29) is 5.92 Å². The lowest BCUT2D eigenvalue weighted by molar-refractivity contribution is 0.741. The summed E-state index contributed by atoms with van der Waals surface area (Å²) >= 11 is 0. The lowest BCUT2D eigenvalue weighted by Gasteiger charge is -2.16. The maximum Gasteiger partial charge on any atom is 0.160 e. The summed E-state index contributed by atoms with van der Waals surface area (Å²) in [5.41, 5.74) is 13.4. The van der Waals surface area contributed by atoms with Gasteiger partial charge in [-0.25, -0.2) is 20.0 Å². The van der Waals surface area contributed by atoms with E-state index in [0.29, 0.717) is 11.7 Å². The molecule has 288 valence electrons. The minimum Gasteiger partial charge on any atom is -0.232 e. The molecular formula is C56H44N4. The summed E-state index contributed by atoms with van der Waals surface area (Å²) in [7, 11) is 0. The van der Waals surface area contributed by atoms with E-state index in [1.54, 1.807) is 0 Å². The second-order valence-electron chi connectivity index (χ2n) is 15.0. The Labute approximate surface area is 352 Å². The van der Waals surface area contributed by atoms with Crippen molar-refractivity contribution in [1.29, 1.82) is 0 Å². The zero-order valence-corrected chi connectivity index (χ0v) is 33.8. The fourth-order valence-corrected chi connectivity index (χ4v) is 7.65. The second kappa shape index (κ2) is 17.5. The van der Waals surface area contributed by atoms with Gasteiger partial charge in [-0.3, -0.25) is 0 Å². The Morgan fingerprint density at radius 3 is 1.63 bits per heavy atom. The molecule has 0 spiro atoms. The molecule has 1 heterocycles.